The van der Waals surface area contributed by atoms with E-state index in [9.17, 15) is 4.79 Å². The molecule has 0 aliphatic rings. The number of benzene rings is 2. The number of amides is 1. The Morgan fingerprint density at radius 3 is 2.17 bits per heavy atom. The summed E-state index contributed by atoms with van der Waals surface area (Å²) in [6.45, 7) is 4.78. The fourth-order valence-corrected chi connectivity index (χ4v) is 2.03. The molecule has 4 heteroatoms. The van der Waals surface area contributed by atoms with E-state index >= 15 is 0 Å². The largest absolute Gasteiger partial charge is 0.493 e. The van der Waals surface area contributed by atoms with Crippen LogP contribution in [0.4, 0.5) is 0 Å². The van der Waals surface area contributed by atoms with Crippen LogP contribution in [-0.4, -0.2) is 18.6 Å². The van der Waals surface area contributed by atoms with Crippen LogP contribution in [0.3, 0.4) is 0 Å². The summed E-state index contributed by atoms with van der Waals surface area (Å²) in [5.41, 5.74) is 1.13. The van der Waals surface area contributed by atoms with Crippen molar-refractivity contribution in [1.82, 2.24) is 5.32 Å². The lowest BCUT2D eigenvalue weighted by atomic mass is 10.2. The van der Waals surface area contributed by atoms with Crippen LogP contribution >= 0.6 is 0 Å². The summed E-state index contributed by atoms with van der Waals surface area (Å²) >= 11 is 0. The first-order chi connectivity index (χ1) is 11.1. The standard InChI is InChI=1S/C19H23NO3/c1-15(2)20-19(21)12-13-22-17-8-10-18(11-9-17)23-14-16-6-4-3-5-7-16/h3-11,15H,12-14H2,1-2H3,(H,20,21). The van der Waals surface area contributed by atoms with Crippen LogP contribution in [0.15, 0.2) is 54.6 Å². The zero-order valence-corrected chi connectivity index (χ0v) is 13.6. The van der Waals surface area contributed by atoms with E-state index in [4.69, 9.17) is 9.47 Å². The number of hydrogen-bond donors (Lipinski definition) is 1. The van der Waals surface area contributed by atoms with Gasteiger partial charge >= 0.3 is 0 Å². The highest BCUT2D eigenvalue weighted by molar-refractivity contribution is 5.76. The summed E-state index contributed by atoms with van der Waals surface area (Å²) in [4.78, 5) is 11.5. The summed E-state index contributed by atoms with van der Waals surface area (Å²) in [5, 5.41) is 2.83. The Hall–Kier alpha value is -2.49. The Labute approximate surface area is 137 Å². The SMILES string of the molecule is CC(C)NC(=O)CCOc1ccc(OCc2ccccc2)cc1. The van der Waals surface area contributed by atoms with Gasteiger partial charge in [0.1, 0.15) is 18.1 Å². The number of ether oxygens (including phenoxy) is 2. The lowest BCUT2D eigenvalue weighted by molar-refractivity contribution is -0.122. The normalized spacial score (nSPS) is 10.4. The molecule has 2 rings (SSSR count). The van der Waals surface area contributed by atoms with Gasteiger partial charge in [-0.15, -0.1) is 0 Å². The van der Waals surface area contributed by atoms with E-state index in [1.54, 1.807) is 0 Å². The van der Waals surface area contributed by atoms with E-state index in [0.29, 0.717) is 19.6 Å². The van der Waals surface area contributed by atoms with Gasteiger partial charge in [-0.3, -0.25) is 4.79 Å². The maximum Gasteiger partial charge on any atom is 0.223 e. The van der Waals surface area contributed by atoms with Crippen molar-refractivity contribution in [3.05, 3.63) is 60.2 Å². The fourth-order valence-electron chi connectivity index (χ4n) is 2.03. The number of nitrogens with one attached hydrogen (secondary N) is 1. The molecular formula is C19H23NO3. The van der Waals surface area contributed by atoms with Crippen LogP contribution in [0.5, 0.6) is 11.5 Å². The van der Waals surface area contributed by atoms with E-state index in [2.05, 4.69) is 5.32 Å². The van der Waals surface area contributed by atoms with Crippen LogP contribution in [-0.2, 0) is 11.4 Å². The Kier molecular flexibility index (Phi) is 6.48. The molecule has 0 atom stereocenters. The van der Waals surface area contributed by atoms with Crippen molar-refractivity contribution in [2.45, 2.75) is 32.9 Å². The van der Waals surface area contributed by atoms with E-state index < -0.39 is 0 Å². The monoisotopic (exact) mass is 313 g/mol. The Morgan fingerprint density at radius 1 is 0.957 bits per heavy atom. The third-order valence-electron chi connectivity index (χ3n) is 3.12. The summed E-state index contributed by atoms with van der Waals surface area (Å²) in [5.74, 6) is 1.52. The molecule has 0 aliphatic heterocycles. The summed E-state index contributed by atoms with van der Waals surface area (Å²) in [6, 6.07) is 17.6. The number of carbonyl (C=O) groups excluding carboxylic acids is 1. The maximum absolute atomic E-state index is 11.5. The number of hydrogen-bond acceptors (Lipinski definition) is 3. The second-order valence-corrected chi connectivity index (χ2v) is 5.57. The predicted octanol–water partition coefficient (Wildman–Crippen LogP) is 3.56. The molecule has 0 aliphatic carbocycles. The van der Waals surface area contributed by atoms with E-state index in [-0.39, 0.29) is 11.9 Å². The smallest absolute Gasteiger partial charge is 0.223 e. The van der Waals surface area contributed by atoms with Gasteiger partial charge in [-0.2, -0.15) is 0 Å². The lowest BCUT2D eigenvalue weighted by Gasteiger charge is -2.10. The number of carbonyl (C=O) groups is 1. The van der Waals surface area contributed by atoms with Gasteiger partial charge in [0.25, 0.3) is 0 Å². The molecular weight excluding hydrogens is 290 g/mol. The number of rotatable bonds is 8. The second kappa shape index (κ2) is 8.83. The van der Waals surface area contributed by atoms with E-state index in [0.717, 1.165) is 17.1 Å². The highest BCUT2D eigenvalue weighted by atomic mass is 16.5. The molecule has 0 heterocycles. The highest BCUT2D eigenvalue weighted by Gasteiger charge is 2.03. The second-order valence-electron chi connectivity index (χ2n) is 5.57. The molecule has 1 N–H and O–H groups in total. The average Bonchev–Trinajstić information content (AvgIpc) is 2.54. The van der Waals surface area contributed by atoms with Crippen LogP contribution < -0.4 is 14.8 Å². The molecule has 2 aromatic rings. The van der Waals surface area contributed by atoms with Gasteiger partial charge in [-0.1, -0.05) is 30.3 Å². The quantitative estimate of drug-likeness (QED) is 0.810. The minimum absolute atomic E-state index is 0.00261. The fraction of sp³-hybridized carbons (Fsp3) is 0.316. The topological polar surface area (TPSA) is 47.6 Å². The molecule has 0 bridgehead atoms. The lowest BCUT2D eigenvalue weighted by Crippen LogP contribution is -2.31. The van der Waals surface area contributed by atoms with Gasteiger partial charge in [-0.05, 0) is 43.7 Å². The highest BCUT2D eigenvalue weighted by Crippen LogP contribution is 2.18. The molecule has 0 aromatic heterocycles. The predicted molar refractivity (Wildman–Crippen MR) is 90.6 cm³/mol. The minimum Gasteiger partial charge on any atom is -0.493 e. The first kappa shape index (κ1) is 16.9. The molecule has 0 spiro atoms. The van der Waals surface area contributed by atoms with Crippen molar-refractivity contribution in [2.24, 2.45) is 0 Å². The third-order valence-corrected chi connectivity index (χ3v) is 3.12. The van der Waals surface area contributed by atoms with Crippen LogP contribution in [0.1, 0.15) is 25.8 Å². The molecule has 0 saturated carbocycles. The molecule has 4 nitrogen and oxygen atoms in total. The summed E-state index contributed by atoms with van der Waals surface area (Å²) in [6.07, 6.45) is 0.352. The molecule has 0 fully saturated rings. The van der Waals surface area contributed by atoms with Gasteiger partial charge in [-0.25, -0.2) is 0 Å². The Morgan fingerprint density at radius 2 is 1.57 bits per heavy atom. The van der Waals surface area contributed by atoms with Crippen LogP contribution in [0.25, 0.3) is 0 Å². The molecule has 0 saturated heterocycles. The van der Waals surface area contributed by atoms with Crippen molar-refractivity contribution >= 4 is 5.91 Å². The van der Waals surface area contributed by atoms with Crippen LogP contribution in [0, 0.1) is 0 Å². The minimum atomic E-state index is 0.00261. The van der Waals surface area contributed by atoms with Crippen molar-refractivity contribution < 1.29 is 14.3 Å². The van der Waals surface area contributed by atoms with Gasteiger partial charge in [0.15, 0.2) is 0 Å². The van der Waals surface area contributed by atoms with Crippen molar-refractivity contribution in [2.75, 3.05) is 6.61 Å². The summed E-state index contributed by atoms with van der Waals surface area (Å²) < 4.78 is 11.3. The van der Waals surface area contributed by atoms with Gasteiger partial charge in [0.2, 0.25) is 5.91 Å². The molecule has 23 heavy (non-hydrogen) atoms. The van der Waals surface area contributed by atoms with Gasteiger partial charge in [0, 0.05) is 6.04 Å². The zero-order chi connectivity index (χ0) is 16.5. The van der Waals surface area contributed by atoms with Gasteiger partial charge < -0.3 is 14.8 Å². The molecule has 0 unspecified atom stereocenters. The average molecular weight is 313 g/mol. The maximum atomic E-state index is 11.5. The van der Waals surface area contributed by atoms with E-state index in [1.165, 1.54) is 0 Å². The summed E-state index contributed by atoms with van der Waals surface area (Å²) in [7, 11) is 0. The molecule has 122 valence electrons. The van der Waals surface area contributed by atoms with E-state index in [1.807, 2.05) is 68.4 Å². The van der Waals surface area contributed by atoms with Crippen molar-refractivity contribution in [3.63, 3.8) is 0 Å². The van der Waals surface area contributed by atoms with Crippen LogP contribution in [0.2, 0.25) is 0 Å². The molecule has 0 radical (unpaired) electrons. The van der Waals surface area contributed by atoms with Gasteiger partial charge in [0.05, 0.1) is 13.0 Å². The molecule has 1 amide bonds. The zero-order valence-electron chi connectivity index (χ0n) is 13.6. The first-order valence-electron chi connectivity index (χ1n) is 7.82. The van der Waals surface area contributed by atoms with Crippen molar-refractivity contribution in [1.29, 1.82) is 0 Å². The third kappa shape index (κ3) is 6.43. The molecule has 2 aromatic carbocycles. The Bertz CT molecular complexity index is 594. The van der Waals surface area contributed by atoms with Crippen molar-refractivity contribution in [3.8, 4) is 11.5 Å². The Balaban J connectivity index is 1.73. The first-order valence-corrected chi connectivity index (χ1v) is 7.82.